The Kier molecular flexibility index (Phi) is 7.30. The van der Waals surface area contributed by atoms with E-state index in [2.05, 4.69) is 10.1 Å². The lowest BCUT2D eigenvalue weighted by Gasteiger charge is -2.18. The number of nitriles is 1. The van der Waals surface area contributed by atoms with Crippen molar-refractivity contribution >= 4 is 33.2 Å². The number of hydrogen-bond acceptors (Lipinski definition) is 5. The third kappa shape index (κ3) is 6.35. The van der Waals surface area contributed by atoms with Crippen LogP contribution in [0.4, 0.5) is 18.9 Å². The van der Waals surface area contributed by atoms with Crippen LogP contribution in [0.1, 0.15) is 5.56 Å². The van der Waals surface area contributed by atoms with Crippen molar-refractivity contribution in [3.8, 4) is 11.8 Å². The van der Waals surface area contributed by atoms with E-state index >= 15 is 0 Å². The van der Waals surface area contributed by atoms with E-state index in [0.29, 0.717) is 0 Å². The monoisotopic (exact) mass is 461 g/mol. The SMILES string of the molecule is CN(CC(=O)Nc1cc(Cl)ccc1OCC(F)(F)F)S(=O)(=O)c1ccc(C#N)cc1. The highest BCUT2D eigenvalue weighted by Crippen LogP contribution is 2.29. The average molecular weight is 462 g/mol. The summed E-state index contributed by atoms with van der Waals surface area (Å²) in [6, 6.07) is 10.6. The molecule has 2 aromatic carbocycles. The Labute approximate surface area is 175 Å². The quantitative estimate of drug-likeness (QED) is 0.681. The van der Waals surface area contributed by atoms with Crippen LogP contribution in [0, 0.1) is 11.3 Å². The number of amides is 1. The number of alkyl halides is 3. The number of likely N-dealkylation sites (N-methyl/N-ethyl adjacent to an activating group) is 1. The van der Waals surface area contributed by atoms with E-state index < -0.39 is 35.3 Å². The van der Waals surface area contributed by atoms with Crippen molar-refractivity contribution in [2.75, 3.05) is 25.5 Å². The molecular formula is C18H15ClF3N3O4S. The zero-order valence-electron chi connectivity index (χ0n) is 15.4. The summed E-state index contributed by atoms with van der Waals surface area (Å²) >= 11 is 5.82. The zero-order valence-corrected chi connectivity index (χ0v) is 17.0. The maximum atomic E-state index is 12.5. The van der Waals surface area contributed by atoms with Gasteiger partial charge in [0.1, 0.15) is 5.75 Å². The fourth-order valence-corrected chi connectivity index (χ4v) is 3.54. The van der Waals surface area contributed by atoms with Crippen molar-refractivity contribution in [1.29, 1.82) is 5.26 Å². The van der Waals surface area contributed by atoms with Gasteiger partial charge in [0.05, 0.1) is 28.8 Å². The summed E-state index contributed by atoms with van der Waals surface area (Å²) in [4.78, 5) is 12.2. The number of nitrogens with one attached hydrogen (secondary N) is 1. The fourth-order valence-electron chi connectivity index (χ4n) is 2.24. The second-order valence-electron chi connectivity index (χ2n) is 5.99. The minimum atomic E-state index is -4.59. The molecule has 7 nitrogen and oxygen atoms in total. The van der Waals surface area contributed by atoms with E-state index in [4.69, 9.17) is 16.9 Å². The molecule has 0 bridgehead atoms. The van der Waals surface area contributed by atoms with E-state index in [9.17, 15) is 26.4 Å². The van der Waals surface area contributed by atoms with Crippen molar-refractivity contribution in [3.63, 3.8) is 0 Å². The molecule has 0 aliphatic carbocycles. The molecule has 0 saturated heterocycles. The first-order valence-corrected chi connectivity index (χ1v) is 9.99. The molecule has 0 radical (unpaired) electrons. The van der Waals surface area contributed by atoms with Gasteiger partial charge in [0.2, 0.25) is 15.9 Å². The van der Waals surface area contributed by atoms with E-state index in [1.165, 1.54) is 36.4 Å². The van der Waals surface area contributed by atoms with E-state index in [1.54, 1.807) is 0 Å². The fraction of sp³-hybridized carbons (Fsp3) is 0.222. The molecule has 30 heavy (non-hydrogen) atoms. The van der Waals surface area contributed by atoms with Gasteiger partial charge < -0.3 is 10.1 Å². The molecule has 0 fully saturated rings. The lowest BCUT2D eigenvalue weighted by atomic mass is 10.2. The lowest BCUT2D eigenvalue weighted by Crippen LogP contribution is -2.35. The van der Waals surface area contributed by atoms with Gasteiger partial charge in [-0.3, -0.25) is 4.79 Å². The number of sulfonamides is 1. The smallest absolute Gasteiger partial charge is 0.422 e. The summed E-state index contributed by atoms with van der Waals surface area (Å²) in [5.41, 5.74) is 0.127. The molecule has 2 aromatic rings. The van der Waals surface area contributed by atoms with Gasteiger partial charge in [-0.05, 0) is 42.5 Å². The molecule has 0 heterocycles. The Balaban J connectivity index is 2.12. The first-order valence-electron chi connectivity index (χ1n) is 8.18. The van der Waals surface area contributed by atoms with Gasteiger partial charge in [-0.25, -0.2) is 8.42 Å². The number of anilines is 1. The minimum Gasteiger partial charge on any atom is -0.482 e. The molecule has 0 spiro atoms. The Morgan fingerprint density at radius 2 is 1.87 bits per heavy atom. The minimum absolute atomic E-state index is 0.128. The average Bonchev–Trinajstić information content (AvgIpc) is 2.66. The molecule has 0 saturated carbocycles. The maximum absolute atomic E-state index is 12.5. The van der Waals surface area contributed by atoms with Crippen LogP contribution in [0.25, 0.3) is 0 Å². The maximum Gasteiger partial charge on any atom is 0.422 e. The van der Waals surface area contributed by atoms with Gasteiger partial charge in [0, 0.05) is 12.1 Å². The Morgan fingerprint density at radius 1 is 1.23 bits per heavy atom. The predicted octanol–water partition coefficient (Wildman–Crippen LogP) is 3.41. The van der Waals surface area contributed by atoms with Crippen LogP contribution in [0.3, 0.4) is 0 Å². The van der Waals surface area contributed by atoms with Gasteiger partial charge >= 0.3 is 6.18 Å². The van der Waals surface area contributed by atoms with Crippen molar-refractivity contribution in [2.24, 2.45) is 0 Å². The van der Waals surface area contributed by atoms with Crippen LogP contribution in [0.15, 0.2) is 47.4 Å². The Morgan fingerprint density at radius 3 is 2.43 bits per heavy atom. The van der Waals surface area contributed by atoms with Gasteiger partial charge in [-0.2, -0.15) is 22.7 Å². The molecule has 1 amide bonds. The second kappa shape index (κ2) is 9.34. The third-order valence-corrected chi connectivity index (χ3v) is 5.72. The number of carbonyl (C=O) groups excluding carboxylic acids is 1. The molecule has 160 valence electrons. The predicted molar refractivity (Wildman–Crippen MR) is 103 cm³/mol. The zero-order chi connectivity index (χ0) is 22.5. The summed E-state index contributed by atoms with van der Waals surface area (Å²) in [6.07, 6.45) is -4.59. The van der Waals surface area contributed by atoms with Gasteiger partial charge in [-0.15, -0.1) is 0 Å². The number of nitrogens with zero attached hydrogens (tertiary/aromatic N) is 2. The second-order valence-corrected chi connectivity index (χ2v) is 8.47. The molecule has 0 atom stereocenters. The molecule has 1 N–H and O–H groups in total. The van der Waals surface area contributed by atoms with Crippen LogP contribution in [-0.2, 0) is 14.8 Å². The van der Waals surface area contributed by atoms with Gasteiger partial charge in [0.25, 0.3) is 0 Å². The topological polar surface area (TPSA) is 99.5 Å². The molecular weight excluding hydrogens is 447 g/mol. The van der Waals surface area contributed by atoms with Crippen LogP contribution >= 0.6 is 11.6 Å². The van der Waals surface area contributed by atoms with E-state index in [-0.39, 0.29) is 26.9 Å². The Bertz CT molecular complexity index is 1070. The molecule has 0 aliphatic heterocycles. The van der Waals surface area contributed by atoms with Crippen molar-refractivity contribution in [2.45, 2.75) is 11.1 Å². The summed E-state index contributed by atoms with van der Waals surface area (Å²) in [6.45, 7) is -2.21. The molecule has 0 unspecified atom stereocenters. The van der Waals surface area contributed by atoms with Crippen LogP contribution < -0.4 is 10.1 Å². The lowest BCUT2D eigenvalue weighted by molar-refractivity contribution is -0.153. The number of hydrogen-bond donors (Lipinski definition) is 1. The summed E-state index contributed by atoms with van der Waals surface area (Å²) in [5, 5.41) is 11.2. The number of carbonyl (C=O) groups is 1. The normalized spacial score (nSPS) is 11.8. The number of ether oxygens (including phenoxy) is 1. The van der Waals surface area contributed by atoms with Crippen LogP contribution in [0.5, 0.6) is 5.75 Å². The number of halogens is 4. The van der Waals surface area contributed by atoms with Crippen LogP contribution in [-0.4, -0.2) is 45.0 Å². The first kappa shape index (κ1) is 23.5. The Hall–Kier alpha value is -2.81. The highest BCUT2D eigenvalue weighted by Gasteiger charge is 2.29. The standard InChI is InChI=1S/C18H15ClF3N3O4S/c1-25(30(27,28)14-5-2-12(9-23)3-6-14)10-17(26)24-15-8-13(19)4-7-16(15)29-11-18(20,21)22/h2-8H,10-11H2,1H3,(H,24,26). The van der Waals surface area contributed by atoms with Crippen molar-refractivity contribution in [1.82, 2.24) is 4.31 Å². The molecule has 2 rings (SSSR count). The van der Waals surface area contributed by atoms with Gasteiger partial charge in [-0.1, -0.05) is 11.6 Å². The summed E-state index contributed by atoms with van der Waals surface area (Å²) < 4.78 is 67.7. The molecule has 0 aromatic heterocycles. The first-order chi connectivity index (χ1) is 13.9. The molecule has 12 heteroatoms. The van der Waals surface area contributed by atoms with Crippen LogP contribution in [0.2, 0.25) is 5.02 Å². The highest BCUT2D eigenvalue weighted by molar-refractivity contribution is 7.89. The van der Waals surface area contributed by atoms with E-state index in [1.807, 2.05) is 6.07 Å². The van der Waals surface area contributed by atoms with Gasteiger partial charge in [0.15, 0.2) is 6.61 Å². The third-order valence-electron chi connectivity index (χ3n) is 3.66. The van der Waals surface area contributed by atoms with E-state index in [0.717, 1.165) is 17.4 Å². The molecule has 0 aliphatic rings. The number of rotatable bonds is 7. The van der Waals surface area contributed by atoms with Crippen molar-refractivity contribution < 1.29 is 31.1 Å². The largest absolute Gasteiger partial charge is 0.482 e. The van der Waals surface area contributed by atoms with Crippen molar-refractivity contribution in [3.05, 3.63) is 53.1 Å². The summed E-state index contributed by atoms with van der Waals surface area (Å²) in [5.74, 6) is -1.10. The highest BCUT2D eigenvalue weighted by atomic mass is 35.5. The number of benzene rings is 2. The summed E-state index contributed by atoms with van der Waals surface area (Å²) in [7, 11) is -2.88.